The van der Waals surface area contributed by atoms with E-state index in [4.69, 9.17) is 4.74 Å². The van der Waals surface area contributed by atoms with Crippen molar-refractivity contribution in [2.24, 2.45) is 0 Å². The molecule has 0 bridgehead atoms. The first-order valence-corrected chi connectivity index (χ1v) is 12.0. The highest BCUT2D eigenvalue weighted by atomic mass is 19.4. The molecule has 3 aromatic carbocycles. The lowest BCUT2D eigenvalue weighted by Crippen LogP contribution is -2.32. The van der Waals surface area contributed by atoms with E-state index in [0.29, 0.717) is 16.9 Å². The Bertz CT molecular complexity index is 1680. The van der Waals surface area contributed by atoms with E-state index in [1.165, 1.54) is 17.0 Å². The Hall–Kier alpha value is -5.19. The number of aromatic nitrogens is 3. The third-order valence-corrected chi connectivity index (χ3v) is 6.07. The molecule has 5 aromatic rings. The number of hydrogen-bond donors (Lipinski definition) is 2. The summed E-state index contributed by atoms with van der Waals surface area (Å²) in [5.74, 6) is -2.43. The van der Waals surface area contributed by atoms with Crippen molar-refractivity contribution in [3.8, 4) is 11.6 Å². The third-order valence-electron chi connectivity index (χ3n) is 6.07. The molecule has 0 aliphatic carbocycles. The van der Waals surface area contributed by atoms with Crippen molar-refractivity contribution < 1.29 is 32.6 Å². The molecule has 0 saturated heterocycles. The van der Waals surface area contributed by atoms with Crippen LogP contribution in [0.2, 0.25) is 0 Å². The number of rotatable bonds is 7. The van der Waals surface area contributed by atoms with Crippen molar-refractivity contribution in [1.29, 1.82) is 0 Å². The number of anilines is 1. The summed E-state index contributed by atoms with van der Waals surface area (Å²) >= 11 is 0. The summed E-state index contributed by atoms with van der Waals surface area (Å²) in [5.41, 5.74) is 1.16. The molecule has 2 aromatic heterocycles. The number of ether oxygens (including phenoxy) is 1. The molecule has 2 N–H and O–H groups in total. The number of para-hydroxylation sites is 2. The van der Waals surface area contributed by atoms with Crippen LogP contribution in [0.3, 0.4) is 0 Å². The molecule has 0 saturated carbocycles. The first kappa shape index (κ1) is 26.4. The molecular weight excluding hydrogens is 525 g/mol. The zero-order valence-electron chi connectivity index (χ0n) is 20.9. The number of halogens is 3. The first-order chi connectivity index (χ1) is 19.1. The average molecular weight is 547 g/mol. The van der Waals surface area contributed by atoms with Crippen molar-refractivity contribution in [3.05, 3.63) is 113 Å². The van der Waals surface area contributed by atoms with E-state index in [0.717, 1.165) is 35.5 Å². The normalized spacial score (nSPS) is 11.4. The van der Waals surface area contributed by atoms with Crippen LogP contribution < -0.4 is 9.64 Å². The molecule has 0 atom stereocenters. The number of carbonyl (C=O) groups is 2. The Morgan fingerprint density at radius 1 is 1.00 bits per heavy atom. The number of aryl methyl sites for hydroxylation is 1. The number of nitrogens with zero attached hydrogens (tertiary/aromatic N) is 3. The third kappa shape index (κ3) is 5.48. The highest BCUT2D eigenvalue weighted by molar-refractivity contribution is 6.09. The van der Waals surface area contributed by atoms with Crippen LogP contribution in [0.4, 0.5) is 18.9 Å². The minimum absolute atomic E-state index is 0.00273. The number of fused-ring (bicyclic) bond motifs is 1. The number of nitrogens with one attached hydrogen (secondary N) is 1. The number of aromatic amines is 1. The molecule has 0 aliphatic rings. The summed E-state index contributed by atoms with van der Waals surface area (Å²) in [4.78, 5) is 38.6. The number of benzene rings is 3. The Balaban J connectivity index is 1.57. The Morgan fingerprint density at radius 2 is 1.75 bits per heavy atom. The number of hydrogen-bond acceptors (Lipinski definition) is 5. The molecule has 0 spiro atoms. The Morgan fingerprint density at radius 3 is 2.45 bits per heavy atom. The lowest BCUT2D eigenvalue weighted by Gasteiger charge is -2.24. The van der Waals surface area contributed by atoms with E-state index in [1.54, 1.807) is 30.3 Å². The summed E-state index contributed by atoms with van der Waals surface area (Å²) in [5, 5.41) is 10.0. The minimum Gasteiger partial charge on any atom is -0.478 e. The molecule has 0 fully saturated rings. The number of carboxylic acid groups (broad SMARTS) is 1. The molecule has 0 radical (unpaired) electrons. The zero-order valence-corrected chi connectivity index (χ0v) is 20.9. The predicted molar refractivity (Wildman–Crippen MR) is 141 cm³/mol. The van der Waals surface area contributed by atoms with E-state index < -0.39 is 29.5 Å². The second-order valence-electron chi connectivity index (χ2n) is 8.90. The molecule has 8 nitrogen and oxygen atoms in total. The fourth-order valence-corrected chi connectivity index (χ4v) is 4.13. The smallest absolute Gasteiger partial charge is 0.421 e. The van der Waals surface area contributed by atoms with Gasteiger partial charge in [0.25, 0.3) is 5.91 Å². The van der Waals surface area contributed by atoms with Crippen LogP contribution in [0.5, 0.6) is 11.6 Å². The Labute approximate surface area is 225 Å². The molecule has 202 valence electrons. The SMILES string of the molecule is Cc1ccc(C(=O)N(Cc2nc3ccccc3[nH]2)c2ccc(Oc3ncccc3C(F)(F)F)cc2C(=O)O)cc1. The summed E-state index contributed by atoms with van der Waals surface area (Å²) in [7, 11) is 0. The van der Waals surface area contributed by atoms with Crippen LogP contribution >= 0.6 is 0 Å². The molecule has 5 rings (SSSR count). The number of carboxylic acids is 1. The molecule has 0 aliphatic heterocycles. The van der Waals surface area contributed by atoms with Crippen molar-refractivity contribution in [2.45, 2.75) is 19.6 Å². The van der Waals surface area contributed by atoms with Crippen molar-refractivity contribution in [2.75, 3.05) is 4.90 Å². The number of aromatic carboxylic acids is 1. The lowest BCUT2D eigenvalue weighted by atomic mass is 10.1. The lowest BCUT2D eigenvalue weighted by molar-refractivity contribution is -0.138. The van der Waals surface area contributed by atoms with Crippen molar-refractivity contribution >= 4 is 28.6 Å². The first-order valence-electron chi connectivity index (χ1n) is 12.0. The van der Waals surface area contributed by atoms with Gasteiger partial charge in [-0.1, -0.05) is 29.8 Å². The molecule has 2 heterocycles. The molecule has 1 amide bonds. The van der Waals surface area contributed by atoms with Gasteiger partial charge in [-0.15, -0.1) is 0 Å². The molecule has 11 heteroatoms. The van der Waals surface area contributed by atoms with Gasteiger partial charge in [0, 0.05) is 11.8 Å². The van der Waals surface area contributed by atoms with E-state index >= 15 is 0 Å². The fourth-order valence-electron chi connectivity index (χ4n) is 4.13. The number of imidazole rings is 1. The van der Waals surface area contributed by atoms with Crippen LogP contribution in [-0.2, 0) is 12.7 Å². The maximum absolute atomic E-state index is 13.7. The van der Waals surface area contributed by atoms with Gasteiger partial charge < -0.3 is 14.8 Å². The average Bonchev–Trinajstić information content (AvgIpc) is 3.34. The number of pyridine rings is 1. The van der Waals surface area contributed by atoms with Crippen LogP contribution in [0.1, 0.15) is 37.7 Å². The maximum atomic E-state index is 13.7. The van der Waals surface area contributed by atoms with Gasteiger partial charge in [0.15, 0.2) is 0 Å². The maximum Gasteiger partial charge on any atom is 0.421 e. The van der Waals surface area contributed by atoms with Gasteiger partial charge in [-0.3, -0.25) is 9.69 Å². The predicted octanol–water partition coefficient (Wildman–Crippen LogP) is 6.62. The van der Waals surface area contributed by atoms with Crippen LogP contribution in [0.15, 0.2) is 85.1 Å². The molecular formula is C29H21F3N4O4. The van der Waals surface area contributed by atoms with E-state index in [-0.39, 0.29) is 23.5 Å². The van der Waals surface area contributed by atoms with Gasteiger partial charge in [0.1, 0.15) is 17.1 Å². The summed E-state index contributed by atoms with van der Waals surface area (Å²) in [6, 6.07) is 19.6. The van der Waals surface area contributed by atoms with Gasteiger partial charge in [-0.2, -0.15) is 13.2 Å². The van der Waals surface area contributed by atoms with Gasteiger partial charge in [-0.05, 0) is 61.5 Å². The second kappa shape index (κ2) is 10.5. The van der Waals surface area contributed by atoms with Gasteiger partial charge in [-0.25, -0.2) is 14.8 Å². The highest BCUT2D eigenvalue weighted by Crippen LogP contribution is 2.37. The summed E-state index contributed by atoms with van der Waals surface area (Å²) in [6.07, 6.45) is -3.60. The van der Waals surface area contributed by atoms with Gasteiger partial charge >= 0.3 is 12.1 Å². The number of carbonyl (C=O) groups excluding carboxylic acids is 1. The monoisotopic (exact) mass is 546 g/mol. The quantitative estimate of drug-likeness (QED) is 0.237. The van der Waals surface area contributed by atoms with E-state index in [1.807, 2.05) is 25.1 Å². The summed E-state index contributed by atoms with van der Waals surface area (Å²) < 4.78 is 45.6. The van der Waals surface area contributed by atoms with Gasteiger partial charge in [0.2, 0.25) is 5.88 Å². The summed E-state index contributed by atoms with van der Waals surface area (Å²) in [6.45, 7) is 1.76. The van der Waals surface area contributed by atoms with E-state index in [9.17, 15) is 27.9 Å². The highest BCUT2D eigenvalue weighted by Gasteiger charge is 2.35. The fraction of sp³-hybridized carbons (Fsp3) is 0.103. The minimum atomic E-state index is -4.73. The van der Waals surface area contributed by atoms with Crippen LogP contribution in [0.25, 0.3) is 11.0 Å². The van der Waals surface area contributed by atoms with Crippen LogP contribution in [0, 0.1) is 6.92 Å². The number of alkyl halides is 3. The largest absolute Gasteiger partial charge is 0.478 e. The molecule has 40 heavy (non-hydrogen) atoms. The van der Waals surface area contributed by atoms with E-state index in [2.05, 4.69) is 15.0 Å². The zero-order chi connectivity index (χ0) is 28.4. The topological polar surface area (TPSA) is 108 Å². The van der Waals surface area contributed by atoms with Crippen molar-refractivity contribution in [1.82, 2.24) is 15.0 Å². The number of amides is 1. The molecule has 0 unspecified atom stereocenters. The van der Waals surface area contributed by atoms with Gasteiger partial charge in [0.05, 0.1) is 28.8 Å². The number of H-pyrrole nitrogens is 1. The second-order valence-corrected chi connectivity index (χ2v) is 8.90. The Kier molecular flexibility index (Phi) is 6.95. The standard InChI is InChI=1S/C29H21F3N4O4/c1-17-8-10-18(11-9-17)27(37)36(16-25-34-22-6-2-3-7-23(22)35-25)24-13-12-19(15-20(24)28(38)39)40-26-21(29(30,31)32)5-4-14-33-26/h2-15H,16H2,1H3,(H,34,35)(H,38,39). The van der Waals surface area contributed by atoms with Crippen molar-refractivity contribution in [3.63, 3.8) is 0 Å². The van der Waals surface area contributed by atoms with Crippen LogP contribution in [-0.4, -0.2) is 31.9 Å².